The van der Waals surface area contributed by atoms with Crippen molar-refractivity contribution in [2.24, 2.45) is 0 Å². The van der Waals surface area contributed by atoms with Gasteiger partial charge in [-0.1, -0.05) is 121 Å². The van der Waals surface area contributed by atoms with Gasteiger partial charge in [0.15, 0.2) is 0 Å². The van der Waals surface area contributed by atoms with E-state index >= 15 is 0 Å². The SMILES string of the molecule is c1ccc(-c2ccc(-c3c(-c4ccccc4)sc(-c4ccccc4)c3-c3ccc(-c4ccccc4)s3)s2)cc1. The first-order valence-electron chi connectivity index (χ1n) is 12.9. The number of rotatable bonds is 6. The number of hydrogen-bond acceptors (Lipinski definition) is 3. The van der Waals surface area contributed by atoms with Crippen LogP contribution in [0, 0.1) is 0 Å². The lowest BCUT2D eigenvalue weighted by atomic mass is 9.99. The van der Waals surface area contributed by atoms with Crippen molar-refractivity contribution in [1.82, 2.24) is 0 Å². The van der Waals surface area contributed by atoms with Gasteiger partial charge in [0.25, 0.3) is 0 Å². The molecule has 0 atom stereocenters. The van der Waals surface area contributed by atoms with Crippen molar-refractivity contribution in [3.05, 3.63) is 146 Å². The zero-order valence-corrected chi connectivity index (χ0v) is 23.5. The minimum atomic E-state index is 1.26. The monoisotopic (exact) mass is 552 g/mol. The van der Waals surface area contributed by atoms with Gasteiger partial charge < -0.3 is 0 Å². The Labute approximate surface area is 241 Å². The maximum absolute atomic E-state index is 2.31. The van der Waals surface area contributed by atoms with E-state index < -0.39 is 0 Å². The van der Waals surface area contributed by atoms with Gasteiger partial charge in [0, 0.05) is 40.4 Å². The highest BCUT2D eigenvalue weighted by Crippen LogP contribution is 2.55. The first-order chi connectivity index (χ1) is 19.3. The van der Waals surface area contributed by atoms with Gasteiger partial charge in [-0.15, -0.1) is 34.0 Å². The van der Waals surface area contributed by atoms with E-state index in [1.54, 1.807) is 0 Å². The summed E-state index contributed by atoms with van der Waals surface area (Å²) in [6.07, 6.45) is 0. The molecule has 0 radical (unpaired) electrons. The Kier molecular flexibility index (Phi) is 6.55. The van der Waals surface area contributed by atoms with E-state index in [1.807, 2.05) is 34.0 Å². The van der Waals surface area contributed by atoms with E-state index in [0.29, 0.717) is 0 Å². The molecule has 7 rings (SSSR count). The summed E-state index contributed by atoms with van der Waals surface area (Å²) >= 11 is 5.66. The Morgan fingerprint density at radius 2 is 0.564 bits per heavy atom. The molecule has 0 N–H and O–H groups in total. The normalized spacial score (nSPS) is 11.1. The summed E-state index contributed by atoms with van der Waals surface area (Å²) in [4.78, 5) is 7.83. The summed E-state index contributed by atoms with van der Waals surface area (Å²) in [5.74, 6) is 0. The molecule has 0 aliphatic heterocycles. The van der Waals surface area contributed by atoms with E-state index in [9.17, 15) is 0 Å². The minimum Gasteiger partial charge on any atom is -0.135 e. The maximum atomic E-state index is 2.31. The maximum Gasteiger partial charge on any atom is 0.0442 e. The van der Waals surface area contributed by atoms with Crippen molar-refractivity contribution in [2.45, 2.75) is 0 Å². The highest BCUT2D eigenvalue weighted by molar-refractivity contribution is 7.24. The molecule has 3 heteroatoms. The Morgan fingerprint density at radius 1 is 0.256 bits per heavy atom. The number of thiophene rings is 3. The quantitative estimate of drug-likeness (QED) is 0.192. The molecule has 0 nitrogen and oxygen atoms in total. The molecule has 0 bridgehead atoms. The lowest BCUT2D eigenvalue weighted by Gasteiger charge is -2.07. The predicted molar refractivity (Wildman–Crippen MR) is 173 cm³/mol. The average Bonchev–Trinajstić information content (AvgIpc) is 3.77. The Bertz CT molecular complexity index is 1690. The topological polar surface area (TPSA) is 0 Å². The van der Waals surface area contributed by atoms with Crippen LogP contribution in [0.15, 0.2) is 146 Å². The fourth-order valence-corrected chi connectivity index (χ4v) is 8.55. The fourth-order valence-electron chi connectivity index (χ4n) is 4.95. The van der Waals surface area contributed by atoms with Crippen molar-refractivity contribution in [2.75, 3.05) is 0 Å². The molecule has 7 aromatic rings. The molecule has 39 heavy (non-hydrogen) atoms. The van der Waals surface area contributed by atoms with Gasteiger partial charge in [-0.25, -0.2) is 0 Å². The van der Waals surface area contributed by atoms with Crippen LogP contribution < -0.4 is 0 Å². The molecule has 0 spiro atoms. The average molecular weight is 553 g/mol. The van der Waals surface area contributed by atoms with Gasteiger partial charge in [0.2, 0.25) is 0 Å². The summed E-state index contributed by atoms with van der Waals surface area (Å²) < 4.78 is 0. The standard InChI is InChI=1S/C36H24S3/c1-5-13-25(14-6-1)29-21-23-31(37-29)33-34(32-24-22-30(38-32)26-15-7-2-8-16-26)36(28-19-11-4-12-20-28)39-35(33)27-17-9-3-10-18-27/h1-24H. The van der Waals surface area contributed by atoms with E-state index in [-0.39, 0.29) is 0 Å². The fraction of sp³-hybridized carbons (Fsp3) is 0. The Hall–Kier alpha value is -4.02. The van der Waals surface area contributed by atoms with Crippen LogP contribution in [0.5, 0.6) is 0 Å². The third kappa shape index (κ3) is 4.70. The lowest BCUT2D eigenvalue weighted by Crippen LogP contribution is -1.81. The molecule has 3 heterocycles. The molecule has 0 saturated heterocycles. The van der Waals surface area contributed by atoms with Crippen LogP contribution in [0.2, 0.25) is 0 Å². The summed E-state index contributed by atoms with van der Waals surface area (Å²) in [6.45, 7) is 0. The van der Waals surface area contributed by atoms with Gasteiger partial charge in [-0.3, -0.25) is 0 Å². The lowest BCUT2D eigenvalue weighted by molar-refractivity contribution is 1.68. The highest BCUT2D eigenvalue weighted by Gasteiger charge is 2.25. The van der Waals surface area contributed by atoms with Crippen molar-refractivity contribution in [1.29, 1.82) is 0 Å². The molecule has 186 valence electrons. The third-order valence-corrected chi connectivity index (χ3v) is 10.4. The van der Waals surface area contributed by atoms with E-state index in [4.69, 9.17) is 0 Å². The molecule has 0 aliphatic rings. The summed E-state index contributed by atoms with van der Waals surface area (Å²) in [7, 11) is 0. The second kappa shape index (κ2) is 10.6. The van der Waals surface area contributed by atoms with Crippen LogP contribution >= 0.6 is 34.0 Å². The molecular formula is C36H24S3. The third-order valence-electron chi connectivity index (χ3n) is 6.80. The largest absolute Gasteiger partial charge is 0.135 e. The molecule has 0 aliphatic carbocycles. The van der Waals surface area contributed by atoms with Gasteiger partial charge in [0.1, 0.15) is 0 Å². The van der Waals surface area contributed by atoms with E-state index in [0.717, 1.165) is 0 Å². The first-order valence-corrected chi connectivity index (χ1v) is 15.4. The van der Waals surface area contributed by atoms with Crippen molar-refractivity contribution in [3.63, 3.8) is 0 Å². The summed E-state index contributed by atoms with van der Waals surface area (Å²) in [5.41, 5.74) is 7.71. The summed E-state index contributed by atoms with van der Waals surface area (Å²) in [6, 6.07) is 52.3. The first kappa shape index (κ1) is 24.1. The molecule has 3 aromatic heterocycles. The Balaban J connectivity index is 1.49. The molecule has 0 amide bonds. The second-order valence-corrected chi connectivity index (χ2v) is 12.5. The zero-order valence-electron chi connectivity index (χ0n) is 21.1. The van der Waals surface area contributed by atoms with Crippen LogP contribution in [-0.2, 0) is 0 Å². The Morgan fingerprint density at radius 3 is 0.923 bits per heavy atom. The molecule has 0 fully saturated rings. The molecule has 0 unspecified atom stereocenters. The van der Waals surface area contributed by atoms with E-state index in [1.165, 1.54) is 62.6 Å². The smallest absolute Gasteiger partial charge is 0.0442 e. The van der Waals surface area contributed by atoms with Crippen LogP contribution in [0.25, 0.3) is 62.6 Å². The van der Waals surface area contributed by atoms with Gasteiger partial charge >= 0.3 is 0 Å². The van der Waals surface area contributed by atoms with Gasteiger partial charge in [-0.2, -0.15) is 0 Å². The van der Waals surface area contributed by atoms with Crippen LogP contribution in [0.1, 0.15) is 0 Å². The number of hydrogen-bond donors (Lipinski definition) is 0. The minimum absolute atomic E-state index is 1.26. The molecular weight excluding hydrogens is 529 g/mol. The van der Waals surface area contributed by atoms with Crippen LogP contribution in [0.3, 0.4) is 0 Å². The zero-order chi connectivity index (χ0) is 26.0. The van der Waals surface area contributed by atoms with E-state index in [2.05, 4.69) is 146 Å². The summed E-state index contributed by atoms with van der Waals surface area (Å²) in [5, 5.41) is 0. The van der Waals surface area contributed by atoms with Gasteiger partial charge in [-0.05, 0) is 46.5 Å². The van der Waals surface area contributed by atoms with Crippen molar-refractivity contribution < 1.29 is 0 Å². The van der Waals surface area contributed by atoms with Crippen molar-refractivity contribution >= 4 is 34.0 Å². The second-order valence-electron chi connectivity index (χ2n) is 9.30. The molecule has 4 aromatic carbocycles. The predicted octanol–water partition coefficient (Wildman–Crippen LogP) is 11.9. The number of benzene rings is 4. The van der Waals surface area contributed by atoms with Crippen LogP contribution in [0.4, 0.5) is 0 Å². The van der Waals surface area contributed by atoms with Crippen LogP contribution in [-0.4, -0.2) is 0 Å². The highest BCUT2D eigenvalue weighted by atomic mass is 32.1. The van der Waals surface area contributed by atoms with Gasteiger partial charge in [0.05, 0.1) is 0 Å². The van der Waals surface area contributed by atoms with Crippen molar-refractivity contribution in [3.8, 4) is 62.6 Å². The molecule has 0 saturated carbocycles.